The highest BCUT2D eigenvalue weighted by atomic mass is 19.1. The maximum atomic E-state index is 15.7. The van der Waals surface area contributed by atoms with E-state index in [-0.39, 0.29) is 22.0 Å². The van der Waals surface area contributed by atoms with Gasteiger partial charge in [0, 0.05) is 34.1 Å². The third-order valence-electron chi connectivity index (χ3n) is 23.6. The lowest BCUT2D eigenvalue weighted by atomic mass is 9.67. The molecule has 0 bridgehead atoms. The summed E-state index contributed by atoms with van der Waals surface area (Å²) >= 11 is 0. The number of benzene rings is 16. The second-order valence-electron chi connectivity index (χ2n) is 32.6. The van der Waals surface area contributed by atoms with Gasteiger partial charge in [-0.3, -0.25) is 0 Å². The molecule has 0 aromatic heterocycles. The predicted octanol–water partition coefficient (Wildman–Crippen LogP) is 30.4. The van der Waals surface area contributed by atoms with Gasteiger partial charge in [0.15, 0.2) is 0 Å². The third kappa shape index (κ3) is 13.4. The molecule has 0 fully saturated rings. The second-order valence-corrected chi connectivity index (χ2v) is 32.6. The first-order valence-electron chi connectivity index (χ1n) is 39.9. The minimum absolute atomic E-state index is 0.0951. The normalized spacial score (nSPS) is 14.5. The maximum absolute atomic E-state index is 15.7. The van der Waals surface area contributed by atoms with E-state index >= 15 is 17.6 Å². The van der Waals surface area contributed by atoms with Crippen LogP contribution in [0.25, 0.3) is 67.8 Å². The van der Waals surface area contributed by atoms with Crippen LogP contribution in [-0.2, 0) is 21.7 Å². The van der Waals surface area contributed by atoms with Crippen molar-refractivity contribution in [3.63, 3.8) is 0 Å². The summed E-state index contributed by atoms with van der Waals surface area (Å²) in [6.07, 6.45) is 3.63. The van der Waals surface area contributed by atoms with E-state index in [1.54, 1.807) is 24.3 Å². The topological polar surface area (TPSA) is 24.9 Å². The summed E-state index contributed by atoms with van der Waals surface area (Å²) in [5, 5.41) is 0. The van der Waals surface area contributed by atoms with E-state index in [1.807, 2.05) is 84.9 Å². The Labute approximate surface area is 687 Å². The van der Waals surface area contributed by atoms with Crippen LogP contribution in [0.4, 0.5) is 51.7 Å². The summed E-state index contributed by atoms with van der Waals surface area (Å²) < 4.78 is 75.6. The van der Waals surface area contributed by atoms with E-state index in [9.17, 15) is 0 Å². The van der Waals surface area contributed by atoms with Crippen LogP contribution in [0, 0.1) is 23.3 Å². The van der Waals surface area contributed by atoms with Gasteiger partial charge in [-0.15, -0.1) is 0 Å². The first-order valence-corrected chi connectivity index (χ1v) is 39.9. The van der Waals surface area contributed by atoms with Gasteiger partial charge in [0.1, 0.15) is 46.3 Å². The van der Waals surface area contributed by atoms with E-state index in [0.29, 0.717) is 22.6 Å². The molecular formula is C110H84F4N2O2. The molecule has 0 saturated carbocycles. The van der Waals surface area contributed by atoms with Crippen LogP contribution in [0.1, 0.15) is 108 Å². The van der Waals surface area contributed by atoms with Crippen molar-refractivity contribution in [2.75, 3.05) is 9.80 Å². The zero-order chi connectivity index (χ0) is 81.2. The lowest BCUT2D eigenvalue weighted by Crippen LogP contribution is -2.29. The molecule has 0 aliphatic heterocycles. The SMILES string of the molecule is C=Cc1ccc(Oc2ccc(C3(c4ccc(C(C)(C)C)cc4)c4ccccc4-c4ccc(N(c5ccc(-c6ccc(N(c7ccc(-c8c(F)cccc8F)cc7)c7ccc8c(c7)C(c7ccc(Oc9ccc(C=C)cc9)cc7)(c7ccc(C(C)(C)C)cc7)c7ccccc7-8)cc6)cc5)c5ccc(-c6c(F)cccc6F)cc5)cc43)cc2)cc1. The van der Waals surface area contributed by atoms with Crippen molar-refractivity contribution in [1.82, 2.24) is 0 Å². The molecule has 2 aliphatic rings. The van der Waals surface area contributed by atoms with E-state index in [4.69, 9.17) is 9.47 Å². The van der Waals surface area contributed by atoms with Crippen LogP contribution in [0.3, 0.4) is 0 Å². The lowest BCUT2D eigenvalue weighted by molar-refractivity contribution is 0.482. The molecule has 0 radical (unpaired) electrons. The Kier molecular flexibility index (Phi) is 19.3. The molecule has 2 aliphatic carbocycles. The standard InChI is InChI=1S/C110H84F4N2O2/c1-9-71-25-59-89(60-26-71)117-91-63-45-81(46-64-91)109(79-41-37-77(38-42-79)107(3,4)5)97-19-13-11-17-93(97)95-67-57-87(69-99(95)109)115(85-53-33-75(34-54-85)105-101(111)21-15-22-102(105)112)83-49-29-73(30-50-83)74-31-51-84(52-32-74)116(86-55-35-76(36-56-86)106-103(113)23-16-24-104(106)114)88-58-68-96-94-18-12-14-20-98(94)110(100(96)70-88,80-43-39-78(40-44-80)108(6,7)8)82-47-65-92(66-48-82)118-90-61-27-72(10-2)28-62-90/h9-70H,1-2H2,3-8H3. The molecule has 16 aromatic carbocycles. The van der Waals surface area contributed by atoms with Crippen LogP contribution < -0.4 is 19.3 Å². The van der Waals surface area contributed by atoms with Crippen LogP contribution in [-0.4, -0.2) is 0 Å². The maximum Gasteiger partial charge on any atom is 0.133 e. The molecule has 2 atom stereocenters. The summed E-state index contributed by atoms with van der Waals surface area (Å²) in [7, 11) is 0. The van der Waals surface area contributed by atoms with E-state index in [2.05, 4.69) is 295 Å². The van der Waals surface area contributed by atoms with Gasteiger partial charge in [-0.1, -0.05) is 285 Å². The highest BCUT2D eigenvalue weighted by Gasteiger charge is 2.49. The molecule has 16 aromatic rings. The van der Waals surface area contributed by atoms with Gasteiger partial charge >= 0.3 is 0 Å². The Hall–Kier alpha value is -14.1. The van der Waals surface area contributed by atoms with Crippen LogP contribution >= 0.6 is 0 Å². The summed E-state index contributed by atoms with van der Waals surface area (Å²) in [6.45, 7) is 21.3. The Morgan fingerprint density at radius 1 is 0.263 bits per heavy atom. The van der Waals surface area contributed by atoms with E-state index in [0.717, 1.165) is 135 Å². The van der Waals surface area contributed by atoms with Crippen molar-refractivity contribution in [1.29, 1.82) is 0 Å². The number of hydrogen-bond acceptors (Lipinski definition) is 4. The summed E-state index contributed by atoms with van der Waals surface area (Å²) in [5.41, 5.74) is 23.2. The number of rotatable bonds is 19. The van der Waals surface area contributed by atoms with Gasteiger partial charge in [-0.25, -0.2) is 17.6 Å². The van der Waals surface area contributed by atoms with Crippen molar-refractivity contribution in [3.8, 4) is 78.6 Å². The molecule has 0 saturated heterocycles. The highest BCUT2D eigenvalue weighted by molar-refractivity contribution is 5.93. The number of fused-ring (bicyclic) bond motifs is 6. The summed E-state index contributed by atoms with van der Waals surface area (Å²) in [4.78, 5) is 4.42. The molecule has 18 rings (SSSR count). The van der Waals surface area contributed by atoms with Crippen molar-refractivity contribution in [2.24, 2.45) is 0 Å². The largest absolute Gasteiger partial charge is 0.457 e. The smallest absolute Gasteiger partial charge is 0.133 e. The number of nitrogens with zero attached hydrogens (tertiary/aromatic N) is 2. The van der Waals surface area contributed by atoms with Crippen LogP contribution in [0.2, 0.25) is 0 Å². The molecule has 4 nitrogen and oxygen atoms in total. The molecule has 0 spiro atoms. The predicted molar refractivity (Wildman–Crippen MR) is 477 cm³/mol. The van der Waals surface area contributed by atoms with Gasteiger partial charge in [0.2, 0.25) is 0 Å². The van der Waals surface area contributed by atoms with Crippen molar-refractivity contribution in [3.05, 3.63) is 467 Å². The fourth-order valence-electron chi connectivity index (χ4n) is 17.6. The van der Waals surface area contributed by atoms with E-state index in [1.165, 1.54) is 47.5 Å². The molecule has 0 N–H and O–H groups in total. The summed E-state index contributed by atoms with van der Waals surface area (Å²) in [6, 6.07) is 122. The fraction of sp³-hybridized carbons (Fsp3) is 0.0909. The highest BCUT2D eigenvalue weighted by Crippen LogP contribution is 2.60. The molecule has 574 valence electrons. The molecular weight excluding hydrogens is 1460 g/mol. The number of ether oxygens (including phenoxy) is 2. The minimum Gasteiger partial charge on any atom is -0.457 e. The Bertz CT molecular complexity index is 6030. The molecule has 0 heterocycles. The van der Waals surface area contributed by atoms with Gasteiger partial charge in [0.25, 0.3) is 0 Å². The fourth-order valence-corrected chi connectivity index (χ4v) is 17.6. The van der Waals surface area contributed by atoms with Crippen molar-refractivity contribution in [2.45, 2.75) is 63.2 Å². The number of anilines is 6. The number of halogens is 4. The molecule has 0 amide bonds. The Morgan fingerprint density at radius 3 is 0.822 bits per heavy atom. The first kappa shape index (κ1) is 75.3. The van der Waals surface area contributed by atoms with Crippen LogP contribution in [0.15, 0.2) is 377 Å². The van der Waals surface area contributed by atoms with Crippen molar-refractivity contribution < 1.29 is 27.0 Å². The van der Waals surface area contributed by atoms with Crippen molar-refractivity contribution >= 4 is 46.3 Å². The zero-order valence-corrected chi connectivity index (χ0v) is 66.4. The first-order chi connectivity index (χ1) is 57.3. The second kappa shape index (κ2) is 30.3. The zero-order valence-electron chi connectivity index (χ0n) is 66.4. The quantitative estimate of drug-likeness (QED) is 0.0754. The minimum atomic E-state index is -0.824. The van der Waals surface area contributed by atoms with Gasteiger partial charge < -0.3 is 19.3 Å². The monoisotopic (exact) mass is 1540 g/mol. The van der Waals surface area contributed by atoms with Gasteiger partial charge in [-0.2, -0.15) is 0 Å². The summed E-state index contributed by atoms with van der Waals surface area (Å²) in [5.74, 6) is 0.249. The molecule has 118 heavy (non-hydrogen) atoms. The lowest BCUT2D eigenvalue weighted by Gasteiger charge is -2.35. The van der Waals surface area contributed by atoms with Gasteiger partial charge in [-0.05, 0) is 268 Å². The van der Waals surface area contributed by atoms with Gasteiger partial charge in [0.05, 0.1) is 22.0 Å². The molecule has 8 heteroatoms. The van der Waals surface area contributed by atoms with Crippen LogP contribution in [0.5, 0.6) is 23.0 Å². The molecule has 2 unspecified atom stereocenters. The van der Waals surface area contributed by atoms with E-state index < -0.39 is 34.1 Å². The average Bonchev–Trinajstić information content (AvgIpc) is 1.54. The number of hydrogen-bond donors (Lipinski definition) is 0. The Morgan fingerprint density at radius 2 is 0.525 bits per heavy atom. The Balaban J connectivity index is 0.754. The third-order valence-corrected chi connectivity index (χ3v) is 23.6. The average molecular weight is 1540 g/mol.